The summed E-state index contributed by atoms with van der Waals surface area (Å²) in [5.74, 6) is -0.287. The molecule has 2 heterocycles. The Morgan fingerprint density at radius 1 is 1.04 bits per heavy atom. The van der Waals surface area contributed by atoms with E-state index in [1.54, 1.807) is 6.07 Å². The molecule has 0 fully saturated rings. The number of hydrogen-bond acceptors (Lipinski definition) is 4. The number of nitrogens with one attached hydrogen (secondary N) is 1. The van der Waals surface area contributed by atoms with Crippen molar-refractivity contribution in [3.05, 3.63) is 70.9 Å². The van der Waals surface area contributed by atoms with Crippen LogP contribution in [0, 0.1) is 13.8 Å². The van der Waals surface area contributed by atoms with E-state index in [0.717, 1.165) is 33.4 Å². The molecule has 1 N–H and O–H groups in total. The largest absolute Gasteiger partial charge is 0.434 e. The molecule has 1 atom stereocenters. The maximum absolute atomic E-state index is 12.0. The monoisotopic (exact) mass is 304 g/mol. The fourth-order valence-electron chi connectivity index (χ4n) is 2.99. The molecule has 0 amide bonds. The molecule has 0 aliphatic carbocycles. The van der Waals surface area contributed by atoms with Crippen LogP contribution in [0.1, 0.15) is 33.4 Å². The summed E-state index contributed by atoms with van der Waals surface area (Å²) in [5, 5.41) is 4.40. The van der Waals surface area contributed by atoms with Crippen molar-refractivity contribution in [2.75, 3.05) is 5.32 Å². The molecule has 0 spiro atoms. The number of hydrogen-bond donors (Lipinski definition) is 1. The maximum atomic E-state index is 12.0. The minimum Gasteiger partial charge on any atom is -0.434 e. The third-order valence-corrected chi connectivity index (χ3v) is 4.18. The normalized spacial score (nSPS) is 16.3. The fourth-order valence-corrected chi connectivity index (χ4v) is 2.99. The lowest BCUT2D eigenvalue weighted by Crippen LogP contribution is -2.11. The van der Waals surface area contributed by atoms with Gasteiger partial charge in [-0.1, -0.05) is 24.3 Å². The van der Waals surface area contributed by atoms with Crippen LogP contribution >= 0.6 is 0 Å². The van der Waals surface area contributed by atoms with Crippen LogP contribution in [0.5, 0.6) is 0 Å². The van der Waals surface area contributed by atoms with Gasteiger partial charge in [-0.2, -0.15) is 0 Å². The molecule has 4 nitrogen and oxygen atoms in total. The van der Waals surface area contributed by atoms with E-state index in [1.165, 1.54) is 0 Å². The van der Waals surface area contributed by atoms with Gasteiger partial charge in [0.15, 0.2) is 0 Å². The highest BCUT2D eigenvalue weighted by Crippen LogP contribution is 2.35. The molecule has 0 bridgehead atoms. The highest BCUT2D eigenvalue weighted by Gasteiger charge is 2.31. The first kappa shape index (κ1) is 13.8. The third-order valence-electron chi connectivity index (χ3n) is 4.18. The zero-order valence-electron chi connectivity index (χ0n) is 13.0. The molecule has 1 aliphatic rings. The number of cyclic esters (lactones) is 1. The van der Waals surface area contributed by atoms with Gasteiger partial charge in [-0.25, -0.2) is 4.79 Å². The first-order valence-corrected chi connectivity index (χ1v) is 7.57. The fraction of sp³-hybridized carbons (Fsp3) is 0.158. The molecule has 0 radical (unpaired) electrons. The number of nitrogens with zero attached hydrogens (tertiary/aromatic N) is 1. The summed E-state index contributed by atoms with van der Waals surface area (Å²) < 4.78 is 5.49. The van der Waals surface area contributed by atoms with Crippen LogP contribution in [0.3, 0.4) is 0 Å². The van der Waals surface area contributed by atoms with Crippen LogP contribution in [0.15, 0.2) is 48.5 Å². The standard InChI is InChI=1S/C19H16N2O2/c1-11-7-10-16-15(9-8-12(2)20-16)17(11)21-18-13-5-3-4-6-14(13)19(22)23-18/h3-10,18,21H,1-2H3. The van der Waals surface area contributed by atoms with Crippen molar-refractivity contribution < 1.29 is 9.53 Å². The number of carbonyl (C=O) groups is 1. The Morgan fingerprint density at radius 3 is 2.74 bits per heavy atom. The quantitative estimate of drug-likeness (QED) is 0.723. The highest BCUT2D eigenvalue weighted by atomic mass is 16.6. The third kappa shape index (κ3) is 2.23. The summed E-state index contributed by atoms with van der Waals surface area (Å²) >= 11 is 0. The number of fused-ring (bicyclic) bond motifs is 2. The number of ether oxygens (including phenoxy) is 1. The number of carbonyl (C=O) groups excluding carboxylic acids is 1. The average molecular weight is 304 g/mol. The molecule has 1 aliphatic heterocycles. The molecule has 1 unspecified atom stereocenters. The summed E-state index contributed by atoms with van der Waals surface area (Å²) in [6.45, 7) is 4.01. The second-order valence-corrected chi connectivity index (χ2v) is 5.79. The van der Waals surface area contributed by atoms with Gasteiger partial charge in [-0.3, -0.25) is 4.98 Å². The number of pyridine rings is 1. The van der Waals surface area contributed by atoms with Gasteiger partial charge in [0.05, 0.1) is 11.1 Å². The number of esters is 1. The van der Waals surface area contributed by atoms with Crippen LogP contribution in [0.2, 0.25) is 0 Å². The zero-order chi connectivity index (χ0) is 16.0. The molecule has 0 saturated carbocycles. The Morgan fingerprint density at radius 2 is 1.87 bits per heavy atom. The molecule has 0 saturated heterocycles. The number of anilines is 1. The summed E-state index contributed by atoms with van der Waals surface area (Å²) in [7, 11) is 0. The van der Waals surface area contributed by atoms with Gasteiger partial charge >= 0.3 is 5.97 Å². The Balaban J connectivity index is 1.80. The Hall–Kier alpha value is -2.88. The topological polar surface area (TPSA) is 51.2 Å². The summed E-state index contributed by atoms with van der Waals surface area (Å²) in [4.78, 5) is 16.5. The molecule has 23 heavy (non-hydrogen) atoms. The van der Waals surface area contributed by atoms with E-state index in [-0.39, 0.29) is 5.97 Å². The number of aryl methyl sites for hydroxylation is 2. The van der Waals surface area contributed by atoms with E-state index in [1.807, 2.05) is 50.2 Å². The lowest BCUT2D eigenvalue weighted by atomic mass is 10.1. The molecule has 4 rings (SSSR count). The van der Waals surface area contributed by atoms with Crippen molar-refractivity contribution in [2.24, 2.45) is 0 Å². The Labute approximate surface area is 134 Å². The first-order valence-electron chi connectivity index (χ1n) is 7.57. The molecule has 3 aromatic rings. The highest BCUT2D eigenvalue weighted by molar-refractivity contribution is 5.96. The lowest BCUT2D eigenvalue weighted by Gasteiger charge is -2.18. The van der Waals surface area contributed by atoms with Crippen LogP contribution in [0.25, 0.3) is 10.9 Å². The van der Waals surface area contributed by atoms with Crippen molar-refractivity contribution in [1.29, 1.82) is 0 Å². The van der Waals surface area contributed by atoms with Crippen LogP contribution in [-0.2, 0) is 4.74 Å². The van der Waals surface area contributed by atoms with Crippen molar-refractivity contribution >= 4 is 22.6 Å². The molecular weight excluding hydrogens is 288 g/mol. The molecular formula is C19H16N2O2. The number of benzene rings is 2. The van der Waals surface area contributed by atoms with Crippen molar-refractivity contribution in [2.45, 2.75) is 20.1 Å². The Bertz CT molecular complexity index is 934. The zero-order valence-corrected chi connectivity index (χ0v) is 13.0. The van der Waals surface area contributed by atoms with E-state index in [2.05, 4.69) is 16.4 Å². The minimum absolute atomic E-state index is 0.287. The van der Waals surface area contributed by atoms with Crippen LogP contribution in [-0.4, -0.2) is 11.0 Å². The van der Waals surface area contributed by atoms with E-state index in [0.29, 0.717) is 5.56 Å². The van der Waals surface area contributed by atoms with Gasteiger partial charge in [0, 0.05) is 22.3 Å². The second-order valence-electron chi connectivity index (χ2n) is 5.79. The summed E-state index contributed by atoms with van der Waals surface area (Å²) in [5.41, 5.74) is 5.43. The predicted molar refractivity (Wildman–Crippen MR) is 89.4 cm³/mol. The second kappa shape index (κ2) is 5.09. The number of aromatic nitrogens is 1. The van der Waals surface area contributed by atoms with E-state index < -0.39 is 6.23 Å². The first-order chi connectivity index (χ1) is 11.1. The smallest absolute Gasteiger partial charge is 0.340 e. The van der Waals surface area contributed by atoms with Gasteiger partial charge in [-0.05, 0) is 43.7 Å². The van der Waals surface area contributed by atoms with Gasteiger partial charge < -0.3 is 10.1 Å². The summed E-state index contributed by atoms with van der Waals surface area (Å²) in [6.07, 6.45) is -0.468. The van der Waals surface area contributed by atoms with E-state index >= 15 is 0 Å². The summed E-state index contributed by atoms with van der Waals surface area (Å²) in [6, 6.07) is 15.5. The SMILES string of the molecule is Cc1ccc2c(NC3OC(=O)c4ccccc43)c(C)ccc2n1. The Kier molecular flexibility index (Phi) is 3.05. The van der Waals surface area contributed by atoms with Crippen LogP contribution in [0.4, 0.5) is 5.69 Å². The predicted octanol–water partition coefficient (Wildman–Crippen LogP) is 4.13. The minimum atomic E-state index is -0.468. The van der Waals surface area contributed by atoms with E-state index in [9.17, 15) is 4.79 Å². The van der Waals surface area contributed by atoms with Gasteiger partial charge in [0.25, 0.3) is 0 Å². The molecule has 114 valence electrons. The van der Waals surface area contributed by atoms with Crippen LogP contribution < -0.4 is 5.32 Å². The number of rotatable bonds is 2. The average Bonchev–Trinajstić information content (AvgIpc) is 2.87. The maximum Gasteiger partial charge on any atom is 0.340 e. The van der Waals surface area contributed by atoms with Crippen molar-refractivity contribution in [3.8, 4) is 0 Å². The molecule has 4 heteroatoms. The molecule has 2 aromatic carbocycles. The van der Waals surface area contributed by atoms with Gasteiger partial charge in [0.2, 0.25) is 6.23 Å². The molecule has 1 aromatic heterocycles. The van der Waals surface area contributed by atoms with Crippen molar-refractivity contribution in [1.82, 2.24) is 4.98 Å². The van der Waals surface area contributed by atoms with E-state index in [4.69, 9.17) is 4.74 Å². The van der Waals surface area contributed by atoms with Crippen molar-refractivity contribution in [3.63, 3.8) is 0 Å². The van der Waals surface area contributed by atoms with Gasteiger partial charge in [0.1, 0.15) is 0 Å². The van der Waals surface area contributed by atoms with Gasteiger partial charge in [-0.15, -0.1) is 0 Å². The lowest BCUT2D eigenvalue weighted by molar-refractivity contribution is 0.0437.